The van der Waals surface area contributed by atoms with Crippen molar-refractivity contribution in [3.8, 4) is 0 Å². The molecule has 1 rings (SSSR count). The molecule has 0 radical (unpaired) electrons. The summed E-state index contributed by atoms with van der Waals surface area (Å²) in [5.41, 5.74) is 0.130. The molecule has 4 nitrogen and oxygen atoms in total. The fourth-order valence-corrected chi connectivity index (χ4v) is 2.15. The Kier molecular flexibility index (Phi) is 5.62. The smallest absolute Gasteiger partial charge is 0.340 e. The van der Waals surface area contributed by atoms with Crippen molar-refractivity contribution in [1.82, 2.24) is 5.32 Å². The van der Waals surface area contributed by atoms with Crippen molar-refractivity contribution in [2.45, 2.75) is 44.2 Å². The number of carbonyl (C=O) groups excluding carboxylic acids is 2. The van der Waals surface area contributed by atoms with Crippen LogP contribution in [0, 0.1) is 0 Å². The van der Waals surface area contributed by atoms with E-state index in [1.165, 1.54) is 11.8 Å². The number of carbonyl (C=O) groups is 2. The highest BCUT2D eigenvalue weighted by molar-refractivity contribution is 7.98. The first-order valence-electron chi connectivity index (χ1n) is 6.40. The van der Waals surface area contributed by atoms with E-state index >= 15 is 0 Å². The van der Waals surface area contributed by atoms with Crippen molar-refractivity contribution in [2.75, 3.05) is 6.26 Å². The molecule has 0 heterocycles. The zero-order valence-corrected chi connectivity index (χ0v) is 13.3. The van der Waals surface area contributed by atoms with Crippen LogP contribution >= 0.6 is 11.8 Å². The molecule has 0 aliphatic carbocycles. The summed E-state index contributed by atoms with van der Waals surface area (Å²) in [6.45, 7) is 7.20. The minimum absolute atomic E-state index is 0.299. The van der Waals surface area contributed by atoms with Gasteiger partial charge in [0, 0.05) is 10.4 Å². The largest absolute Gasteiger partial charge is 0.449 e. The Morgan fingerprint density at radius 2 is 1.85 bits per heavy atom. The average molecular weight is 295 g/mol. The predicted molar refractivity (Wildman–Crippen MR) is 81.0 cm³/mol. The van der Waals surface area contributed by atoms with Crippen LogP contribution in [0.4, 0.5) is 0 Å². The number of rotatable bonds is 4. The van der Waals surface area contributed by atoms with Gasteiger partial charge in [-0.05, 0) is 46.1 Å². The van der Waals surface area contributed by atoms with Crippen molar-refractivity contribution in [1.29, 1.82) is 0 Å². The standard InChI is InChI=1S/C15H21NO3S/c1-10(13(17)16-15(2,3)4)19-14(18)11-8-6-7-9-12(11)20-5/h6-10H,1-5H3,(H,16,17)/t10-/m0/s1. The van der Waals surface area contributed by atoms with Gasteiger partial charge in [0.25, 0.3) is 5.91 Å². The quantitative estimate of drug-likeness (QED) is 0.685. The normalized spacial score (nSPS) is 12.7. The number of amides is 1. The highest BCUT2D eigenvalue weighted by Crippen LogP contribution is 2.21. The van der Waals surface area contributed by atoms with Crippen LogP contribution in [0.3, 0.4) is 0 Å². The van der Waals surface area contributed by atoms with Gasteiger partial charge in [-0.1, -0.05) is 12.1 Å². The first-order valence-corrected chi connectivity index (χ1v) is 7.63. The topological polar surface area (TPSA) is 55.4 Å². The van der Waals surface area contributed by atoms with Crippen molar-refractivity contribution in [3.63, 3.8) is 0 Å². The average Bonchev–Trinajstić information content (AvgIpc) is 2.36. The minimum atomic E-state index is -0.823. The zero-order chi connectivity index (χ0) is 15.3. The molecular weight excluding hydrogens is 274 g/mol. The summed E-state index contributed by atoms with van der Waals surface area (Å²) in [6.07, 6.45) is 1.07. The Balaban J connectivity index is 2.73. The third kappa shape index (κ3) is 4.89. The molecule has 1 atom stereocenters. The Morgan fingerprint density at radius 3 is 2.40 bits per heavy atom. The van der Waals surface area contributed by atoms with E-state index in [1.807, 2.05) is 39.2 Å². The molecule has 20 heavy (non-hydrogen) atoms. The van der Waals surface area contributed by atoms with Crippen LogP contribution in [0.2, 0.25) is 0 Å². The fraction of sp³-hybridized carbons (Fsp3) is 0.467. The molecule has 0 unspecified atom stereocenters. The second-order valence-electron chi connectivity index (χ2n) is 5.49. The van der Waals surface area contributed by atoms with Crippen LogP contribution in [0.15, 0.2) is 29.2 Å². The highest BCUT2D eigenvalue weighted by Gasteiger charge is 2.23. The molecule has 5 heteroatoms. The summed E-state index contributed by atoms with van der Waals surface area (Å²) in [7, 11) is 0. The van der Waals surface area contributed by atoms with Gasteiger partial charge < -0.3 is 10.1 Å². The third-order valence-electron chi connectivity index (χ3n) is 2.48. The Bertz CT molecular complexity index is 494. The molecule has 0 saturated carbocycles. The summed E-state index contributed by atoms with van der Waals surface area (Å²) in [6, 6.07) is 7.18. The van der Waals surface area contributed by atoms with E-state index in [4.69, 9.17) is 4.74 Å². The molecule has 0 spiro atoms. The minimum Gasteiger partial charge on any atom is -0.449 e. The summed E-state index contributed by atoms with van der Waals surface area (Å²) in [4.78, 5) is 24.8. The van der Waals surface area contributed by atoms with E-state index in [2.05, 4.69) is 5.32 Å². The first kappa shape index (κ1) is 16.6. The predicted octanol–water partition coefficient (Wildman–Crippen LogP) is 2.87. The van der Waals surface area contributed by atoms with Gasteiger partial charge in [-0.15, -0.1) is 11.8 Å². The summed E-state index contributed by atoms with van der Waals surface area (Å²) in [5, 5.41) is 2.78. The maximum absolute atomic E-state index is 12.1. The maximum atomic E-state index is 12.1. The van der Waals surface area contributed by atoms with Gasteiger partial charge in [0.05, 0.1) is 5.56 Å². The SMILES string of the molecule is CSc1ccccc1C(=O)O[C@@H](C)C(=O)NC(C)(C)C. The highest BCUT2D eigenvalue weighted by atomic mass is 32.2. The number of thioether (sulfide) groups is 1. The van der Waals surface area contributed by atoms with Crippen molar-refractivity contribution in [2.24, 2.45) is 0 Å². The van der Waals surface area contributed by atoms with E-state index in [9.17, 15) is 9.59 Å². The van der Waals surface area contributed by atoms with Crippen molar-refractivity contribution in [3.05, 3.63) is 29.8 Å². The second kappa shape index (κ2) is 6.79. The van der Waals surface area contributed by atoms with Gasteiger partial charge in [0.2, 0.25) is 0 Å². The van der Waals surface area contributed by atoms with Crippen molar-refractivity contribution < 1.29 is 14.3 Å². The number of hydrogen-bond donors (Lipinski definition) is 1. The van der Waals surface area contributed by atoms with Crippen LogP contribution in [-0.2, 0) is 9.53 Å². The number of benzene rings is 1. The van der Waals surface area contributed by atoms with Crippen LogP contribution in [-0.4, -0.2) is 29.8 Å². The van der Waals surface area contributed by atoms with Crippen LogP contribution in [0.25, 0.3) is 0 Å². The zero-order valence-electron chi connectivity index (χ0n) is 12.5. The third-order valence-corrected chi connectivity index (χ3v) is 3.27. The van der Waals surface area contributed by atoms with E-state index in [1.54, 1.807) is 19.1 Å². The monoisotopic (exact) mass is 295 g/mol. The van der Waals surface area contributed by atoms with Gasteiger partial charge >= 0.3 is 5.97 Å². The van der Waals surface area contributed by atoms with Gasteiger partial charge in [0.1, 0.15) is 0 Å². The lowest BCUT2D eigenvalue weighted by molar-refractivity contribution is -0.130. The van der Waals surface area contributed by atoms with Crippen LogP contribution in [0.1, 0.15) is 38.1 Å². The summed E-state index contributed by atoms with van der Waals surface area (Å²) >= 11 is 1.47. The molecule has 1 amide bonds. The van der Waals surface area contributed by atoms with Gasteiger partial charge in [-0.25, -0.2) is 4.79 Å². The lowest BCUT2D eigenvalue weighted by atomic mass is 10.1. The molecule has 110 valence electrons. The Morgan fingerprint density at radius 1 is 1.25 bits per heavy atom. The lowest BCUT2D eigenvalue weighted by Crippen LogP contribution is -2.46. The summed E-state index contributed by atoms with van der Waals surface area (Å²) < 4.78 is 5.22. The molecular formula is C15H21NO3S. The number of ether oxygens (including phenoxy) is 1. The molecule has 1 N–H and O–H groups in total. The van der Waals surface area contributed by atoms with Crippen molar-refractivity contribution >= 4 is 23.6 Å². The van der Waals surface area contributed by atoms with Gasteiger partial charge in [-0.3, -0.25) is 4.79 Å². The number of nitrogens with one attached hydrogen (secondary N) is 1. The molecule has 0 bridgehead atoms. The van der Waals surface area contributed by atoms with E-state index < -0.39 is 12.1 Å². The summed E-state index contributed by atoms with van der Waals surface area (Å²) in [5.74, 6) is -0.779. The molecule has 0 aromatic heterocycles. The van der Waals surface area contributed by atoms with Gasteiger partial charge in [-0.2, -0.15) is 0 Å². The number of esters is 1. The molecule has 0 aliphatic heterocycles. The Hall–Kier alpha value is -1.49. The number of hydrogen-bond acceptors (Lipinski definition) is 4. The molecule has 1 aromatic carbocycles. The molecule has 0 fully saturated rings. The molecule has 0 saturated heterocycles. The first-order chi connectivity index (χ1) is 9.24. The van der Waals surface area contributed by atoms with Gasteiger partial charge in [0.15, 0.2) is 6.10 Å². The Labute approximate surface area is 124 Å². The molecule has 1 aromatic rings. The van der Waals surface area contributed by atoms with E-state index in [0.717, 1.165) is 4.90 Å². The maximum Gasteiger partial charge on any atom is 0.340 e. The van der Waals surface area contributed by atoms with Crippen LogP contribution in [0.5, 0.6) is 0 Å². The van der Waals surface area contributed by atoms with E-state index in [-0.39, 0.29) is 11.4 Å². The fourth-order valence-electron chi connectivity index (χ4n) is 1.56. The second-order valence-corrected chi connectivity index (χ2v) is 6.34. The van der Waals surface area contributed by atoms with Crippen LogP contribution < -0.4 is 5.32 Å². The lowest BCUT2D eigenvalue weighted by Gasteiger charge is -2.23. The van der Waals surface area contributed by atoms with E-state index in [0.29, 0.717) is 5.56 Å². The molecule has 0 aliphatic rings.